The van der Waals surface area contributed by atoms with E-state index in [0.29, 0.717) is 10.8 Å². The molecule has 0 spiro atoms. The Kier molecular flexibility index (Phi) is 28.6. The summed E-state index contributed by atoms with van der Waals surface area (Å²) in [4.78, 5) is -0.100. The quantitative estimate of drug-likeness (QED) is 0.0292. The molecule has 4 aromatic rings. The molecule has 0 aromatic heterocycles. The van der Waals surface area contributed by atoms with Gasteiger partial charge in [-0.05, 0) is 96.5 Å². The first-order chi connectivity index (χ1) is 29.0. The SMILES string of the molecule is CCCCCCCCc1ccc2cccc(S(=O)(=O)[O-])c2c1CCCCCCCC.CCCCCCCCc1ccc2cccc(S(=O)(=O)[O-])c2c1CCCCCCCC.[Ca+2]. The van der Waals surface area contributed by atoms with Crippen molar-refractivity contribution in [1.82, 2.24) is 0 Å². The summed E-state index contributed by atoms with van der Waals surface area (Å²) in [6, 6.07) is 18.4. The molecule has 0 atom stereocenters. The maximum Gasteiger partial charge on any atom is 2.00 e. The van der Waals surface area contributed by atoms with Gasteiger partial charge in [0.05, 0.1) is 9.79 Å². The van der Waals surface area contributed by atoms with E-state index in [9.17, 15) is 25.9 Å². The first kappa shape index (κ1) is 55.6. The molecule has 0 radical (unpaired) electrons. The minimum atomic E-state index is -4.50. The average molecular weight is 903 g/mol. The minimum Gasteiger partial charge on any atom is -0.744 e. The van der Waals surface area contributed by atoms with Gasteiger partial charge in [-0.15, -0.1) is 0 Å². The molecule has 9 heteroatoms. The van der Waals surface area contributed by atoms with E-state index in [4.69, 9.17) is 0 Å². The van der Waals surface area contributed by atoms with Crippen molar-refractivity contribution in [3.8, 4) is 0 Å². The zero-order valence-corrected chi connectivity index (χ0v) is 42.4. The van der Waals surface area contributed by atoms with Gasteiger partial charge in [-0.2, -0.15) is 0 Å². The molecule has 336 valence electrons. The van der Waals surface area contributed by atoms with Crippen molar-refractivity contribution in [2.45, 2.75) is 217 Å². The van der Waals surface area contributed by atoms with Gasteiger partial charge in [-0.3, -0.25) is 0 Å². The van der Waals surface area contributed by atoms with Crippen LogP contribution in [0.3, 0.4) is 0 Å². The van der Waals surface area contributed by atoms with Gasteiger partial charge in [0.1, 0.15) is 20.2 Å². The van der Waals surface area contributed by atoms with Crippen LogP contribution in [0.2, 0.25) is 0 Å². The number of unbranched alkanes of at least 4 members (excludes halogenated alkanes) is 20. The summed E-state index contributed by atoms with van der Waals surface area (Å²) in [7, 11) is -8.99. The van der Waals surface area contributed by atoms with Crippen LogP contribution in [0.25, 0.3) is 21.5 Å². The minimum absolute atomic E-state index is 0. The second kappa shape index (κ2) is 31.4. The molecular weight excluding hydrogens is 825 g/mol. The van der Waals surface area contributed by atoms with Crippen molar-refractivity contribution in [2.75, 3.05) is 0 Å². The predicted octanol–water partition coefficient (Wildman–Crippen LogP) is 14.7. The van der Waals surface area contributed by atoms with Gasteiger partial charge in [0.25, 0.3) is 0 Å². The molecule has 4 aromatic carbocycles. The number of hydrogen-bond acceptors (Lipinski definition) is 6. The fourth-order valence-corrected chi connectivity index (χ4v) is 10.2. The Labute approximate surface area is 402 Å². The molecule has 0 saturated carbocycles. The number of fused-ring (bicyclic) bond motifs is 2. The maximum absolute atomic E-state index is 12.0. The number of rotatable bonds is 30. The van der Waals surface area contributed by atoms with Crippen molar-refractivity contribution in [2.24, 2.45) is 0 Å². The predicted molar refractivity (Wildman–Crippen MR) is 258 cm³/mol. The van der Waals surface area contributed by atoms with Gasteiger partial charge in [-0.25, -0.2) is 16.8 Å². The monoisotopic (exact) mass is 902 g/mol. The van der Waals surface area contributed by atoms with Gasteiger partial charge in [0, 0.05) is 10.8 Å². The summed E-state index contributed by atoms with van der Waals surface area (Å²) < 4.78 is 71.8. The third-order valence-corrected chi connectivity index (χ3v) is 13.9. The van der Waals surface area contributed by atoms with E-state index in [1.54, 1.807) is 12.1 Å². The molecule has 0 aliphatic carbocycles. The van der Waals surface area contributed by atoms with Crippen LogP contribution in [0.1, 0.15) is 204 Å². The van der Waals surface area contributed by atoms with Gasteiger partial charge < -0.3 is 9.11 Å². The van der Waals surface area contributed by atoms with E-state index in [1.807, 2.05) is 24.3 Å². The van der Waals surface area contributed by atoms with Crippen LogP contribution < -0.4 is 0 Å². The van der Waals surface area contributed by atoms with E-state index in [-0.39, 0.29) is 47.5 Å². The molecular formula is C52H78CaO6S2. The summed E-state index contributed by atoms with van der Waals surface area (Å²) in [5.41, 5.74) is 4.63. The molecule has 0 aliphatic rings. The zero-order chi connectivity index (χ0) is 43.6. The van der Waals surface area contributed by atoms with Crippen LogP contribution in [0.5, 0.6) is 0 Å². The van der Waals surface area contributed by atoms with Crippen molar-refractivity contribution in [3.05, 3.63) is 82.9 Å². The van der Waals surface area contributed by atoms with Crippen molar-refractivity contribution < 1.29 is 25.9 Å². The van der Waals surface area contributed by atoms with E-state index in [2.05, 4.69) is 39.8 Å². The summed E-state index contributed by atoms with van der Waals surface area (Å²) in [6.45, 7) is 8.89. The van der Waals surface area contributed by atoms with Gasteiger partial charge >= 0.3 is 37.7 Å². The third kappa shape index (κ3) is 20.0. The normalized spacial score (nSPS) is 11.8. The number of aryl methyl sites for hydroxylation is 4. The van der Waals surface area contributed by atoms with E-state index < -0.39 is 20.2 Å². The van der Waals surface area contributed by atoms with Gasteiger partial charge in [-0.1, -0.05) is 205 Å². The van der Waals surface area contributed by atoms with Crippen LogP contribution in [0, 0.1) is 0 Å². The fourth-order valence-electron chi connectivity index (χ4n) is 8.73. The van der Waals surface area contributed by atoms with Crippen LogP contribution >= 0.6 is 0 Å². The Balaban J connectivity index is 0.000000413. The van der Waals surface area contributed by atoms with Crippen LogP contribution in [0.15, 0.2) is 70.5 Å². The maximum atomic E-state index is 12.0. The molecule has 61 heavy (non-hydrogen) atoms. The van der Waals surface area contributed by atoms with Gasteiger partial charge in [0.15, 0.2) is 0 Å². The summed E-state index contributed by atoms with van der Waals surface area (Å²) in [5.74, 6) is 0. The third-order valence-electron chi connectivity index (χ3n) is 12.1. The second-order valence-electron chi connectivity index (χ2n) is 17.1. The topological polar surface area (TPSA) is 114 Å². The molecule has 0 amide bonds. The van der Waals surface area contributed by atoms with Crippen molar-refractivity contribution in [3.63, 3.8) is 0 Å². The fraction of sp³-hybridized carbons (Fsp3) is 0.615. The molecule has 0 N–H and O–H groups in total. The van der Waals surface area contributed by atoms with Crippen LogP contribution in [-0.2, 0) is 45.9 Å². The van der Waals surface area contributed by atoms with E-state index >= 15 is 0 Å². The molecule has 6 nitrogen and oxygen atoms in total. The smallest absolute Gasteiger partial charge is 0.744 e. The second-order valence-corrected chi connectivity index (χ2v) is 19.8. The Bertz CT molecular complexity index is 1900. The number of hydrogen-bond donors (Lipinski definition) is 0. The van der Waals surface area contributed by atoms with Crippen LogP contribution in [-0.4, -0.2) is 63.7 Å². The summed E-state index contributed by atoms with van der Waals surface area (Å²) in [6.07, 6.45) is 32.8. The Hall–Kier alpha value is -1.52. The summed E-state index contributed by atoms with van der Waals surface area (Å²) >= 11 is 0. The Morgan fingerprint density at radius 2 is 0.639 bits per heavy atom. The van der Waals surface area contributed by atoms with Crippen molar-refractivity contribution >= 4 is 79.5 Å². The first-order valence-corrected chi connectivity index (χ1v) is 26.8. The number of benzene rings is 4. The molecule has 0 saturated heterocycles. The average Bonchev–Trinajstić information content (AvgIpc) is 3.22. The largest absolute Gasteiger partial charge is 2.00 e. The molecule has 0 aliphatic heterocycles. The molecule has 0 unspecified atom stereocenters. The first-order valence-electron chi connectivity index (χ1n) is 24.0. The van der Waals surface area contributed by atoms with Crippen molar-refractivity contribution in [1.29, 1.82) is 0 Å². The van der Waals surface area contributed by atoms with Gasteiger partial charge in [0.2, 0.25) is 0 Å². The Morgan fingerprint density at radius 3 is 0.934 bits per heavy atom. The molecule has 0 fully saturated rings. The zero-order valence-electron chi connectivity index (χ0n) is 38.5. The van der Waals surface area contributed by atoms with E-state index in [0.717, 1.165) is 86.1 Å². The molecule has 0 bridgehead atoms. The molecule has 4 rings (SSSR count). The van der Waals surface area contributed by atoms with Crippen LogP contribution in [0.4, 0.5) is 0 Å². The van der Waals surface area contributed by atoms with E-state index in [1.165, 1.54) is 139 Å². The molecule has 0 heterocycles. The standard InChI is InChI=1S/2C26H40O3S.Ca/c2*1-3-5-7-9-11-13-16-22-20-21-23-17-15-19-25(30(27,28)29)26(23)24(22)18-14-12-10-8-6-4-2;/h2*15,17,19-21H,3-14,16,18H2,1-2H3,(H,27,28,29);/q;;+2/p-2. The Morgan fingerprint density at radius 1 is 0.361 bits per heavy atom. The summed E-state index contributed by atoms with van der Waals surface area (Å²) in [5, 5.41) is 3.06.